The third kappa shape index (κ3) is 3.02. The van der Waals surface area contributed by atoms with Crippen LogP contribution in [0.4, 0.5) is 5.82 Å². The fraction of sp³-hybridized carbons (Fsp3) is 0.545. The molecule has 0 atom stereocenters. The van der Waals surface area contributed by atoms with Crippen molar-refractivity contribution in [1.29, 1.82) is 0 Å². The summed E-state index contributed by atoms with van der Waals surface area (Å²) in [6, 6.07) is 3.94. The van der Waals surface area contributed by atoms with Gasteiger partial charge < -0.3 is 4.90 Å². The third-order valence-corrected chi connectivity index (χ3v) is 4.93. The van der Waals surface area contributed by atoms with Gasteiger partial charge in [-0.05, 0) is 6.07 Å². The minimum atomic E-state index is -3.07. The Morgan fingerprint density at radius 3 is 2.56 bits per heavy atom. The molecule has 2 heterocycles. The van der Waals surface area contributed by atoms with Gasteiger partial charge in [-0.3, -0.25) is 0 Å². The highest BCUT2D eigenvalue weighted by molar-refractivity contribution is 9.08. The molecule has 0 radical (unpaired) electrons. The van der Waals surface area contributed by atoms with E-state index in [2.05, 4.69) is 25.8 Å². The molecule has 18 heavy (non-hydrogen) atoms. The number of piperazine rings is 1. The molecule has 7 heteroatoms. The van der Waals surface area contributed by atoms with Crippen LogP contribution in [0.25, 0.3) is 0 Å². The number of hydrogen-bond donors (Lipinski definition) is 0. The zero-order valence-electron chi connectivity index (χ0n) is 10.2. The first kappa shape index (κ1) is 13.8. The van der Waals surface area contributed by atoms with Crippen LogP contribution in [0.5, 0.6) is 0 Å². The number of halogens is 1. The number of nitrogens with zero attached hydrogens (tertiary/aromatic N) is 3. The van der Waals surface area contributed by atoms with Crippen LogP contribution in [0.3, 0.4) is 0 Å². The Morgan fingerprint density at radius 1 is 1.33 bits per heavy atom. The quantitative estimate of drug-likeness (QED) is 0.776. The van der Waals surface area contributed by atoms with Crippen molar-refractivity contribution in [2.45, 2.75) is 5.33 Å². The van der Waals surface area contributed by atoms with Gasteiger partial charge in [0.15, 0.2) is 0 Å². The number of hydrogen-bond acceptors (Lipinski definition) is 4. The summed E-state index contributed by atoms with van der Waals surface area (Å²) in [5, 5.41) is 0.752. The van der Waals surface area contributed by atoms with E-state index in [0.29, 0.717) is 26.2 Å². The van der Waals surface area contributed by atoms with E-state index in [1.807, 2.05) is 12.1 Å². The summed E-state index contributed by atoms with van der Waals surface area (Å²) in [4.78, 5) is 6.53. The second kappa shape index (κ2) is 5.54. The molecular weight excluding hydrogens is 318 g/mol. The van der Waals surface area contributed by atoms with Crippen LogP contribution < -0.4 is 4.90 Å². The lowest BCUT2D eigenvalue weighted by molar-refractivity contribution is 0.386. The van der Waals surface area contributed by atoms with Crippen LogP contribution in [0, 0.1) is 0 Å². The maximum Gasteiger partial charge on any atom is 0.211 e. The van der Waals surface area contributed by atoms with Gasteiger partial charge in [-0.15, -0.1) is 0 Å². The van der Waals surface area contributed by atoms with E-state index in [0.717, 1.165) is 16.7 Å². The Bertz CT molecular complexity index is 513. The second-order valence-corrected chi connectivity index (χ2v) is 6.81. The van der Waals surface area contributed by atoms with Crippen LogP contribution in [0.15, 0.2) is 18.3 Å². The van der Waals surface area contributed by atoms with Gasteiger partial charge in [0.05, 0.1) is 6.26 Å². The van der Waals surface area contributed by atoms with Crippen molar-refractivity contribution in [2.75, 3.05) is 37.3 Å². The lowest BCUT2D eigenvalue weighted by Gasteiger charge is -2.34. The molecule has 100 valence electrons. The monoisotopic (exact) mass is 333 g/mol. The molecule has 1 aromatic heterocycles. The molecule has 1 aromatic rings. The summed E-state index contributed by atoms with van der Waals surface area (Å²) >= 11 is 3.45. The fourth-order valence-corrected chi connectivity index (χ4v) is 3.32. The number of pyridine rings is 1. The summed E-state index contributed by atoms with van der Waals surface area (Å²) in [5.74, 6) is 0.947. The lowest BCUT2D eigenvalue weighted by Crippen LogP contribution is -2.48. The average molecular weight is 334 g/mol. The molecule has 1 aliphatic rings. The summed E-state index contributed by atoms with van der Waals surface area (Å²) in [7, 11) is -3.07. The van der Waals surface area contributed by atoms with Crippen molar-refractivity contribution in [2.24, 2.45) is 0 Å². The van der Waals surface area contributed by atoms with Crippen molar-refractivity contribution < 1.29 is 8.42 Å². The van der Waals surface area contributed by atoms with Crippen LogP contribution in [0.1, 0.15) is 5.56 Å². The van der Waals surface area contributed by atoms with Crippen molar-refractivity contribution >= 4 is 31.8 Å². The highest BCUT2D eigenvalue weighted by Gasteiger charge is 2.24. The van der Waals surface area contributed by atoms with E-state index in [1.54, 1.807) is 6.20 Å². The largest absolute Gasteiger partial charge is 0.354 e. The summed E-state index contributed by atoms with van der Waals surface area (Å²) < 4.78 is 24.4. The molecule has 0 bridgehead atoms. The smallest absolute Gasteiger partial charge is 0.211 e. The number of aromatic nitrogens is 1. The lowest BCUT2D eigenvalue weighted by atomic mass is 10.2. The summed E-state index contributed by atoms with van der Waals surface area (Å²) in [6.45, 7) is 2.42. The van der Waals surface area contributed by atoms with Gasteiger partial charge in [-0.1, -0.05) is 22.0 Å². The van der Waals surface area contributed by atoms with Crippen LogP contribution in [0.2, 0.25) is 0 Å². The molecule has 5 nitrogen and oxygen atoms in total. The predicted octanol–water partition coefficient (Wildman–Crippen LogP) is 1.06. The molecule has 2 rings (SSSR count). The Labute approximate surface area is 116 Å². The normalized spacial score (nSPS) is 18.0. The molecule has 0 amide bonds. The minimum Gasteiger partial charge on any atom is -0.354 e. The highest BCUT2D eigenvalue weighted by Crippen LogP contribution is 2.21. The highest BCUT2D eigenvalue weighted by atomic mass is 79.9. The molecule has 1 aliphatic heterocycles. The van der Waals surface area contributed by atoms with Gasteiger partial charge >= 0.3 is 0 Å². The van der Waals surface area contributed by atoms with Crippen molar-refractivity contribution in [3.8, 4) is 0 Å². The number of anilines is 1. The standard InChI is InChI=1S/C11H16BrN3O2S/c1-18(16,17)15-7-5-14(6-8-15)11-10(9-12)3-2-4-13-11/h2-4H,5-9H2,1H3. The van der Waals surface area contributed by atoms with Crippen LogP contribution >= 0.6 is 15.9 Å². The van der Waals surface area contributed by atoms with Gasteiger partial charge in [-0.25, -0.2) is 13.4 Å². The predicted molar refractivity (Wildman–Crippen MR) is 75.5 cm³/mol. The number of rotatable bonds is 3. The topological polar surface area (TPSA) is 53.5 Å². The third-order valence-electron chi connectivity index (χ3n) is 3.02. The van der Waals surface area contributed by atoms with Crippen molar-refractivity contribution in [3.05, 3.63) is 23.9 Å². The zero-order chi connectivity index (χ0) is 13.2. The molecule has 1 fully saturated rings. The number of sulfonamides is 1. The maximum absolute atomic E-state index is 11.4. The summed E-state index contributed by atoms with van der Waals surface area (Å²) in [6.07, 6.45) is 3.03. The molecule has 0 saturated carbocycles. The fourth-order valence-electron chi connectivity index (χ4n) is 2.05. The number of alkyl halides is 1. The van der Waals surface area contributed by atoms with Gasteiger partial charge in [0, 0.05) is 43.3 Å². The Hall–Kier alpha value is -0.660. The minimum absolute atomic E-state index is 0.525. The van der Waals surface area contributed by atoms with Crippen LogP contribution in [-0.4, -0.2) is 50.1 Å². The molecular formula is C11H16BrN3O2S. The second-order valence-electron chi connectivity index (χ2n) is 4.27. The molecule has 1 saturated heterocycles. The van der Waals surface area contributed by atoms with E-state index >= 15 is 0 Å². The van der Waals surface area contributed by atoms with E-state index < -0.39 is 10.0 Å². The van der Waals surface area contributed by atoms with Gasteiger partial charge in [0.1, 0.15) is 5.82 Å². The van der Waals surface area contributed by atoms with Crippen molar-refractivity contribution in [3.63, 3.8) is 0 Å². The molecule has 0 aliphatic carbocycles. The Morgan fingerprint density at radius 2 is 2.00 bits per heavy atom. The van der Waals surface area contributed by atoms with Gasteiger partial charge in [-0.2, -0.15) is 4.31 Å². The average Bonchev–Trinajstić information content (AvgIpc) is 2.38. The van der Waals surface area contributed by atoms with Gasteiger partial charge in [0.2, 0.25) is 10.0 Å². The van der Waals surface area contributed by atoms with E-state index in [4.69, 9.17) is 0 Å². The van der Waals surface area contributed by atoms with E-state index in [1.165, 1.54) is 10.6 Å². The Balaban J connectivity index is 2.10. The summed E-state index contributed by atoms with van der Waals surface area (Å²) in [5.41, 5.74) is 1.13. The van der Waals surface area contributed by atoms with E-state index in [9.17, 15) is 8.42 Å². The maximum atomic E-state index is 11.4. The molecule has 0 spiro atoms. The molecule has 0 aromatic carbocycles. The van der Waals surface area contributed by atoms with E-state index in [-0.39, 0.29) is 0 Å². The SMILES string of the molecule is CS(=O)(=O)N1CCN(c2ncccc2CBr)CC1. The molecule has 0 unspecified atom stereocenters. The van der Waals surface area contributed by atoms with Gasteiger partial charge in [0.25, 0.3) is 0 Å². The first-order chi connectivity index (χ1) is 8.52. The first-order valence-electron chi connectivity index (χ1n) is 5.72. The van der Waals surface area contributed by atoms with Crippen molar-refractivity contribution in [1.82, 2.24) is 9.29 Å². The molecule has 0 N–H and O–H groups in total. The van der Waals surface area contributed by atoms with Crippen LogP contribution in [-0.2, 0) is 15.4 Å². The Kier molecular flexibility index (Phi) is 4.24. The zero-order valence-corrected chi connectivity index (χ0v) is 12.6. The first-order valence-corrected chi connectivity index (χ1v) is 8.69.